The van der Waals surface area contributed by atoms with Gasteiger partial charge in [0.2, 0.25) is 5.91 Å². The molecule has 3 N–H and O–H groups in total. The van der Waals surface area contributed by atoms with E-state index in [9.17, 15) is 4.79 Å². The third-order valence-electron chi connectivity index (χ3n) is 2.14. The summed E-state index contributed by atoms with van der Waals surface area (Å²) in [6.07, 6.45) is 3.49. The van der Waals surface area contributed by atoms with Gasteiger partial charge in [0.15, 0.2) is 0 Å². The predicted octanol–water partition coefficient (Wildman–Crippen LogP) is 0.432. The van der Waals surface area contributed by atoms with Gasteiger partial charge in [-0.3, -0.25) is 4.79 Å². The summed E-state index contributed by atoms with van der Waals surface area (Å²) >= 11 is 0. The van der Waals surface area contributed by atoms with Crippen molar-refractivity contribution in [1.82, 2.24) is 5.32 Å². The Labute approximate surface area is 96.1 Å². The number of carbonyl (C=O) groups is 1. The second kappa shape index (κ2) is 10.4. The van der Waals surface area contributed by atoms with Crippen molar-refractivity contribution in [1.29, 1.82) is 0 Å². The quantitative estimate of drug-likeness (QED) is 0.342. The summed E-state index contributed by atoms with van der Waals surface area (Å²) in [6.45, 7) is 3.19. The first-order valence-corrected chi connectivity index (χ1v) is 5.36. The van der Waals surface area contributed by atoms with Crippen LogP contribution in [0.15, 0.2) is 5.16 Å². The third-order valence-corrected chi connectivity index (χ3v) is 2.14. The van der Waals surface area contributed by atoms with Crippen molar-refractivity contribution < 1.29 is 14.5 Å². The van der Waals surface area contributed by atoms with Crippen molar-refractivity contribution >= 4 is 12.1 Å². The molecular weight excluding hydrogens is 210 g/mol. The first-order valence-electron chi connectivity index (χ1n) is 5.36. The molecule has 0 aromatic heterocycles. The maximum Gasteiger partial charge on any atom is 0.225 e. The maximum absolute atomic E-state index is 10.8. The van der Waals surface area contributed by atoms with Crippen molar-refractivity contribution in [3.8, 4) is 0 Å². The zero-order chi connectivity index (χ0) is 12.2. The second-order valence-electron chi connectivity index (χ2n) is 3.55. The number of hydrogen-bond acceptors (Lipinski definition) is 5. The molecule has 0 rings (SSSR count). The van der Waals surface area contributed by atoms with Crippen LogP contribution < -0.4 is 11.2 Å². The monoisotopic (exact) mass is 231 g/mol. The SMILES string of the molecule is CNC(=O)C/C=N\OCCC(C)CCON. The zero-order valence-corrected chi connectivity index (χ0v) is 9.94. The van der Waals surface area contributed by atoms with E-state index < -0.39 is 0 Å². The van der Waals surface area contributed by atoms with Gasteiger partial charge in [-0.05, 0) is 18.8 Å². The third kappa shape index (κ3) is 9.42. The molecule has 6 heteroatoms. The lowest BCUT2D eigenvalue weighted by Crippen LogP contribution is -2.17. The van der Waals surface area contributed by atoms with E-state index in [0.717, 1.165) is 12.8 Å². The molecule has 1 unspecified atom stereocenters. The summed E-state index contributed by atoms with van der Waals surface area (Å²) in [5.41, 5.74) is 0. The molecule has 0 aliphatic rings. The Morgan fingerprint density at radius 2 is 2.19 bits per heavy atom. The van der Waals surface area contributed by atoms with Crippen LogP contribution in [-0.4, -0.2) is 32.4 Å². The van der Waals surface area contributed by atoms with Gasteiger partial charge in [-0.1, -0.05) is 12.1 Å². The van der Waals surface area contributed by atoms with Gasteiger partial charge >= 0.3 is 0 Å². The van der Waals surface area contributed by atoms with E-state index in [2.05, 4.69) is 22.2 Å². The van der Waals surface area contributed by atoms with Crippen LogP contribution in [0.1, 0.15) is 26.2 Å². The number of oxime groups is 1. The van der Waals surface area contributed by atoms with Gasteiger partial charge in [0.1, 0.15) is 6.61 Å². The standard InChI is InChI=1S/C10H21N3O3/c1-9(4-7-15-11)5-8-16-13-6-3-10(14)12-2/h6,9H,3-5,7-8,11H2,1-2H3,(H,12,14)/b13-6-. The first-order chi connectivity index (χ1) is 7.70. The highest BCUT2D eigenvalue weighted by atomic mass is 16.6. The Hall–Kier alpha value is -1.14. The van der Waals surface area contributed by atoms with E-state index in [4.69, 9.17) is 10.7 Å². The number of hydrogen-bond donors (Lipinski definition) is 2. The number of carbonyl (C=O) groups excluding carboxylic acids is 1. The minimum atomic E-state index is -0.0826. The molecule has 0 aromatic rings. The van der Waals surface area contributed by atoms with Crippen LogP contribution in [-0.2, 0) is 14.5 Å². The number of nitrogens with zero attached hydrogens (tertiary/aromatic N) is 1. The van der Waals surface area contributed by atoms with Gasteiger partial charge in [-0.2, -0.15) is 0 Å². The van der Waals surface area contributed by atoms with E-state index in [1.165, 1.54) is 6.21 Å². The lowest BCUT2D eigenvalue weighted by molar-refractivity contribution is -0.119. The summed E-state index contributed by atoms with van der Waals surface area (Å²) in [4.78, 5) is 20.3. The van der Waals surface area contributed by atoms with Crippen molar-refractivity contribution in [3.05, 3.63) is 0 Å². The molecular formula is C10H21N3O3. The zero-order valence-electron chi connectivity index (χ0n) is 9.94. The van der Waals surface area contributed by atoms with E-state index in [1.54, 1.807) is 7.05 Å². The van der Waals surface area contributed by atoms with Crippen LogP contribution in [0.3, 0.4) is 0 Å². The fraction of sp³-hybridized carbons (Fsp3) is 0.800. The largest absolute Gasteiger partial charge is 0.396 e. The minimum Gasteiger partial charge on any atom is -0.396 e. The first kappa shape index (κ1) is 14.9. The molecule has 0 fully saturated rings. The van der Waals surface area contributed by atoms with Crippen LogP contribution >= 0.6 is 0 Å². The molecule has 0 aliphatic carbocycles. The molecule has 0 saturated carbocycles. The topological polar surface area (TPSA) is 85.9 Å². The van der Waals surface area contributed by atoms with Crippen molar-refractivity contribution in [2.24, 2.45) is 17.0 Å². The molecule has 16 heavy (non-hydrogen) atoms. The average Bonchev–Trinajstić information content (AvgIpc) is 2.30. The average molecular weight is 231 g/mol. The molecule has 0 aromatic carbocycles. The molecule has 6 nitrogen and oxygen atoms in total. The highest BCUT2D eigenvalue weighted by Crippen LogP contribution is 2.06. The van der Waals surface area contributed by atoms with Gasteiger partial charge in [0, 0.05) is 7.05 Å². The molecule has 1 atom stereocenters. The van der Waals surface area contributed by atoms with Crippen LogP contribution in [0.2, 0.25) is 0 Å². The Kier molecular flexibility index (Phi) is 9.64. The van der Waals surface area contributed by atoms with E-state index in [1.807, 2.05) is 0 Å². The van der Waals surface area contributed by atoms with Crippen LogP contribution in [0, 0.1) is 5.92 Å². The Balaban J connectivity index is 3.34. The Morgan fingerprint density at radius 1 is 1.50 bits per heavy atom. The van der Waals surface area contributed by atoms with Gasteiger partial charge in [-0.25, -0.2) is 5.90 Å². The lowest BCUT2D eigenvalue weighted by Gasteiger charge is -2.08. The van der Waals surface area contributed by atoms with Crippen LogP contribution in [0.5, 0.6) is 0 Å². The highest BCUT2D eigenvalue weighted by Gasteiger charge is 2.01. The number of nitrogens with one attached hydrogen (secondary N) is 1. The molecule has 0 bridgehead atoms. The smallest absolute Gasteiger partial charge is 0.225 e. The Bertz CT molecular complexity index is 209. The molecule has 0 heterocycles. The summed E-state index contributed by atoms with van der Waals surface area (Å²) in [5.74, 6) is 5.32. The number of rotatable bonds is 9. The summed E-state index contributed by atoms with van der Waals surface area (Å²) in [6, 6.07) is 0. The van der Waals surface area contributed by atoms with Gasteiger partial charge in [0.25, 0.3) is 0 Å². The van der Waals surface area contributed by atoms with E-state index in [0.29, 0.717) is 19.1 Å². The van der Waals surface area contributed by atoms with Crippen LogP contribution in [0.25, 0.3) is 0 Å². The maximum atomic E-state index is 10.8. The molecule has 1 amide bonds. The molecule has 0 aliphatic heterocycles. The van der Waals surface area contributed by atoms with Crippen molar-refractivity contribution in [3.63, 3.8) is 0 Å². The lowest BCUT2D eigenvalue weighted by atomic mass is 10.1. The number of amides is 1. The summed E-state index contributed by atoms with van der Waals surface area (Å²) in [5, 5.41) is 6.16. The predicted molar refractivity (Wildman–Crippen MR) is 61.7 cm³/mol. The molecule has 0 radical (unpaired) electrons. The fourth-order valence-corrected chi connectivity index (χ4v) is 0.995. The van der Waals surface area contributed by atoms with E-state index in [-0.39, 0.29) is 12.3 Å². The minimum absolute atomic E-state index is 0.0826. The highest BCUT2D eigenvalue weighted by molar-refractivity contribution is 5.89. The second-order valence-corrected chi connectivity index (χ2v) is 3.55. The number of nitrogens with two attached hydrogens (primary N) is 1. The Morgan fingerprint density at radius 3 is 2.81 bits per heavy atom. The molecule has 0 saturated heterocycles. The van der Waals surface area contributed by atoms with Gasteiger partial charge < -0.3 is 15.0 Å². The van der Waals surface area contributed by atoms with Gasteiger partial charge in [0.05, 0.1) is 19.2 Å². The van der Waals surface area contributed by atoms with Crippen molar-refractivity contribution in [2.45, 2.75) is 26.2 Å². The van der Waals surface area contributed by atoms with Crippen LogP contribution in [0.4, 0.5) is 0 Å². The normalized spacial score (nSPS) is 12.7. The van der Waals surface area contributed by atoms with E-state index >= 15 is 0 Å². The van der Waals surface area contributed by atoms with Crippen molar-refractivity contribution in [2.75, 3.05) is 20.3 Å². The van der Waals surface area contributed by atoms with Gasteiger partial charge in [-0.15, -0.1) is 0 Å². The fourth-order valence-electron chi connectivity index (χ4n) is 0.995. The molecule has 94 valence electrons. The summed E-state index contributed by atoms with van der Waals surface area (Å²) < 4.78 is 0. The molecule has 0 spiro atoms. The summed E-state index contributed by atoms with van der Waals surface area (Å²) in [7, 11) is 1.58.